The van der Waals surface area contributed by atoms with Crippen molar-refractivity contribution in [2.45, 2.75) is 6.42 Å². The molecule has 0 aliphatic heterocycles. The highest BCUT2D eigenvalue weighted by molar-refractivity contribution is 5.61. The molecule has 0 aliphatic carbocycles. The van der Waals surface area contributed by atoms with Crippen molar-refractivity contribution in [1.29, 1.82) is 0 Å². The summed E-state index contributed by atoms with van der Waals surface area (Å²) in [5, 5.41) is 0. The maximum Gasteiger partial charge on any atom is 0.0705 e. The van der Waals surface area contributed by atoms with Gasteiger partial charge in [-0.25, -0.2) is 0 Å². The average Bonchev–Trinajstić information content (AvgIpc) is 2.70. The maximum absolute atomic E-state index is 4.83. The number of rotatable bonds is 4. The lowest BCUT2D eigenvalue weighted by Crippen LogP contribution is -1.94. The van der Waals surface area contributed by atoms with Crippen LogP contribution in [0.15, 0.2) is 97.2 Å². The van der Waals surface area contributed by atoms with Gasteiger partial charge in [0.25, 0.3) is 0 Å². The number of nitrogens with zero attached hydrogens (tertiary/aromatic N) is 2. The first-order valence-electron chi connectivity index (χ1n) is 8.40. The van der Waals surface area contributed by atoms with E-state index < -0.39 is 0 Å². The standard InChI is InChI=1S/C23H18N2/c1-2-9-19(10-3-1)23-14-7-12-21(25-23)17-18-8-6-11-20(16-18)22-13-4-5-15-24-22/h1-16H,17H2. The minimum absolute atomic E-state index is 0.807. The highest BCUT2D eigenvalue weighted by atomic mass is 14.7. The molecule has 0 unspecified atom stereocenters. The van der Waals surface area contributed by atoms with Gasteiger partial charge in [-0.1, -0.05) is 60.7 Å². The van der Waals surface area contributed by atoms with E-state index in [4.69, 9.17) is 4.98 Å². The summed E-state index contributed by atoms with van der Waals surface area (Å²) in [6.45, 7) is 0. The molecular weight excluding hydrogens is 304 g/mol. The molecule has 2 nitrogen and oxygen atoms in total. The van der Waals surface area contributed by atoms with Gasteiger partial charge in [-0.3, -0.25) is 9.97 Å². The van der Waals surface area contributed by atoms with E-state index >= 15 is 0 Å². The second-order valence-corrected chi connectivity index (χ2v) is 5.97. The van der Waals surface area contributed by atoms with Crippen LogP contribution in [-0.2, 0) is 6.42 Å². The first-order valence-corrected chi connectivity index (χ1v) is 8.40. The van der Waals surface area contributed by atoms with E-state index in [1.807, 2.05) is 42.6 Å². The molecule has 0 atom stereocenters. The summed E-state index contributed by atoms with van der Waals surface area (Å²) >= 11 is 0. The number of pyridine rings is 2. The minimum atomic E-state index is 0.807. The Labute approximate surface area is 147 Å². The Hall–Kier alpha value is -3.26. The van der Waals surface area contributed by atoms with Crippen LogP contribution >= 0.6 is 0 Å². The van der Waals surface area contributed by atoms with Crippen LogP contribution in [0.25, 0.3) is 22.5 Å². The molecule has 4 rings (SSSR count). The van der Waals surface area contributed by atoms with Gasteiger partial charge in [0.2, 0.25) is 0 Å². The lowest BCUT2D eigenvalue weighted by atomic mass is 10.0. The van der Waals surface area contributed by atoms with Gasteiger partial charge in [-0.05, 0) is 35.9 Å². The predicted molar refractivity (Wildman–Crippen MR) is 102 cm³/mol. The van der Waals surface area contributed by atoms with Gasteiger partial charge < -0.3 is 0 Å². The molecule has 0 amide bonds. The van der Waals surface area contributed by atoms with Gasteiger partial charge in [-0.15, -0.1) is 0 Å². The first kappa shape index (κ1) is 15.3. The van der Waals surface area contributed by atoms with Gasteiger partial charge in [0.15, 0.2) is 0 Å². The molecule has 0 fully saturated rings. The molecule has 25 heavy (non-hydrogen) atoms. The Balaban J connectivity index is 1.61. The summed E-state index contributed by atoms with van der Waals surface area (Å²) < 4.78 is 0. The van der Waals surface area contributed by atoms with Crippen LogP contribution in [0.2, 0.25) is 0 Å². The number of aromatic nitrogens is 2. The average molecular weight is 322 g/mol. The van der Waals surface area contributed by atoms with E-state index in [2.05, 4.69) is 59.6 Å². The van der Waals surface area contributed by atoms with Crippen molar-refractivity contribution in [1.82, 2.24) is 9.97 Å². The fraction of sp³-hybridized carbons (Fsp3) is 0.0435. The second-order valence-electron chi connectivity index (χ2n) is 5.97. The van der Waals surface area contributed by atoms with E-state index in [1.165, 1.54) is 5.56 Å². The van der Waals surface area contributed by atoms with E-state index in [1.54, 1.807) is 0 Å². The third-order valence-corrected chi connectivity index (χ3v) is 4.15. The molecule has 0 N–H and O–H groups in total. The molecule has 0 saturated carbocycles. The van der Waals surface area contributed by atoms with Gasteiger partial charge in [0.1, 0.15) is 0 Å². The SMILES string of the molecule is c1ccc(-c2cccc(Cc3cccc(-c4ccccn4)c3)n2)cc1. The zero-order valence-corrected chi connectivity index (χ0v) is 13.8. The zero-order chi connectivity index (χ0) is 16.9. The Kier molecular flexibility index (Phi) is 4.34. The summed E-state index contributed by atoms with van der Waals surface area (Å²) in [5.41, 5.74) is 6.60. The predicted octanol–water partition coefficient (Wildman–Crippen LogP) is 5.40. The third-order valence-electron chi connectivity index (χ3n) is 4.15. The molecule has 2 aromatic carbocycles. The topological polar surface area (TPSA) is 25.8 Å². The van der Waals surface area contributed by atoms with Crippen molar-refractivity contribution in [3.63, 3.8) is 0 Å². The van der Waals surface area contributed by atoms with Crippen LogP contribution in [0.5, 0.6) is 0 Å². The fourth-order valence-electron chi connectivity index (χ4n) is 2.93. The molecule has 0 bridgehead atoms. The molecule has 2 heteroatoms. The Morgan fingerprint density at radius 3 is 2.20 bits per heavy atom. The highest BCUT2D eigenvalue weighted by Gasteiger charge is 2.04. The van der Waals surface area contributed by atoms with Crippen LogP contribution in [0, 0.1) is 0 Å². The minimum Gasteiger partial charge on any atom is -0.256 e. The Bertz CT molecular complexity index is 882. The van der Waals surface area contributed by atoms with Crippen LogP contribution < -0.4 is 0 Å². The molecule has 0 saturated heterocycles. The lowest BCUT2D eigenvalue weighted by molar-refractivity contribution is 1.08. The second kappa shape index (κ2) is 7.10. The summed E-state index contributed by atoms with van der Waals surface area (Å²) in [4.78, 5) is 9.26. The molecular formula is C23H18N2. The van der Waals surface area contributed by atoms with E-state index in [9.17, 15) is 0 Å². The number of hydrogen-bond donors (Lipinski definition) is 0. The molecule has 0 spiro atoms. The van der Waals surface area contributed by atoms with Crippen LogP contribution in [0.1, 0.15) is 11.3 Å². The molecule has 120 valence electrons. The summed E-state index contributed by atoms with van der Waals surface area (Å²) in [6, 6.07) is 31.0. The summed E-state index contributed by atoms with van der Waals surface area (Å²) in [7, 11) is 0. The fourth-order valence-corrected chi connectivity index (χ4v) is 2.93. The monoisotopic (exact) mass is 322 g/mol. The van der Waals surface area contributed by atoms with Gasteiger partial charge in [-0.2, -0.15) is 0 Å². The smallest absolute Gasteiger partial charge is 0.0705 e. The molecule has 2 aromatic heterocycles. The molecule has 0 aliphatic rings. The first-order chi connectivity index (χ1) is 12.4. The third kappa shape index (κ3) is 3.64. The van der Waals surface area contributed by atoms with Crippen molar-refractivity contribution in [2.24, 2.45) is 0 Å². The van der Waals surface area contributed by atoms with E-state index in [0.29, 0.717) is 0 Å². The van der Waals surface area contributed by atoms with Crippen molar-refractivity contribution in [2.75, 3.05) is 0 Å². The maximum atomic E-state index is 4.83. The van der Waals surface area contributed by atoms with E-state index in [-0.39, 0.29) is 0 Å². The number of benzene rings is 2. The zero-order valence-electron chi connectivity index (χ0n) is 13.8. The van der Waals surface area contributed by atoms with Crippen molar-refractivity contribution >= 4 is 0 Å². The Morgan fingerprint density at radius 1 is 0.600 bits per heavy atom. The van der Waals surface area contributed by atoms with E-state index in [0.717, 1.165) is 34.6 Å². The Morgan fingerprint density at radius 2 is 1.36 bits per heavy atom. The largest absolute Gasteiger partial charge is 0.256 e. The van der Waals surface area contributed by atoms with Gasteiger partial charge >= 0.3 is 0 Å². The summed E-state index contributed by atoms with van der Waals surface area (Å²) in [6.07, 6.45) is 2.63. The highest BCUT2D eigenvalue weighted by Crippen LogP contribution is 2.21. The van der Waals surface area contributed by atoms with Crippen LogP contribution in [0.4, 0.5) is 0 Å². The molecule has 4 aromatic rings. The summed E-state index contributed by atoms with van der Waals surface area (Å²) in [5.74, 6) is 0. The van der Waals surface area contributed by atoms with Gasteiger partial charge in [0.05, 0.1) is 11.4 Å². The molecule has 2 heterocycles. The van der Waals surface area contributed by atoms with Crippen LogP contribution in [-0.4, -0.2) is 9.97 Å². The lowest BCUT2D eigenvalue weighted by Gasteiger charge is -2.07. The van der Waals surface area contributed by atoms with Crippen molar-refractivity contribution < 1.29 is 0 Å². The number of hydrogen-bond acceptors (Lipinski definition) is 2. The normalized spacial score (nSPS) is 10.6. The van der Waals surface area contributed by atoms with Crippen LogP contribution in [0.3, 0.4) is 0 Å². The quantitative estimate of drug-likeness (QED) is 0.502. The van der Waals surface area contributed by atoms with Crippen molar-refractivity contribution in [3.05, 3.63) is 108 Å². The molecule has 0 radical (unpaired) electrons. The van der Waals surface area contributed by atoms with Crippen molar-refractivity contribution in [3.8, 4) is 22.5 Å². The van der Waals surface area contributed by atoms with Gasteiger partial charge in [0, 0.05) is 29.4 Å².